The Kier molecular flexibility index (Phi) is 4.98. The highest BCUT2D eigenvalue weighted by molar-refractivity contribution is 7.80. The first-order valence-corrected chi connectivity index (χ1v) is 5.86. The molecule has 0 saturated carbocycles. The van der Waals surface area contributed by atoms with E-state index >= 15 is 0 Å². The van der Waals surface area contributed by atoms with Crippen LogP contribution in [0.2, 0.25) is 0 Å². The van der Waals surface area contributed by atoms with Crippen LogP contribution in [0, 0.1) is 0 Å². The second kappa shape index (κ2) is 6.02. The third-order valence-corrected chi connectivity index (χ3v) is 2.84. The first-order valence-electron chi connectivity index (χ1n) is 5.45. The molecule has 3 N–H and O–H groups in total. The predicted octanol–water partition coefficient (Wildman–Crippen LogP) is 0.263. The molecule has 0 radical (unpaired) electrons. The Bertz CT molecular complexity index is 245. The molecule has 0 aromatic heterocycles. The van der Waals surface area contributed by atoms with Crippen LogP contribution in [0.1, 0.15) is 26.2 Å². The van der Waals surface area contributed by atoms with Crippen molar-refractivity contribution in [2.24, 2.45) is 5.73 Å². The molecule has 0 aromatic rings. The topological polar surface area (TPSA) is 58.4 Å². The molecular formula is C10H19N3OS. The smallest absolute Gasteiger partial charge is 0.237 e. The Labute approximate surface area is 96.2 Å². The highest BCUT2D eigenvalue weighted by Gasteiger charge is 2.26. The van der Waals surface area contributed by atoms with Crippen molar-refractivity contribution in [3.05, 3.63) is 0 Å². The average molecular weight is 229 g/mol. The van der Waals surface area contributed by atoms with Crippen LogP contribution in [-0.2, 0) is 4.79 Å². The van der Waals surface area contributed by atoms with Crippen molar-refractivity contribution in [2.45, 2.75) is 32.2 Å². The summed E-state index contributed by atoms with van der Waals surface area (Å²) in [4.78, 5) is 14.3. The van der Waals surface area contributed by atoms with Crippen molar-refractivity contribution in [3.8, 4) is 0 Å². The molecule has 86 valence electrons. The standard InChI is InChI=1S/C10H19N3OS/c1-2-13(7-9(11)15)8-5-3-4-6-12-10(8)14/h8H,2-7H2,1H3,(H2,11,15)(H,12,14). The van der Waals surface area contributed by atoms with Gasteiger partial charge < -0.3 is 11.1 Å². The van der Waals surface area contributed by atoms with Gasteiger partial charge in [0.15, 0.2) is 0 Å². The monoisotopic (exact) mass is 229 g/mol. The zero-order valence-corrected chi connectivity index (χ0v) is 9.98. The number of likely N-dealkylation sites (N-methyl/N-ethyl adjacent to an activating group) is 1. The van der Waals surface area contributed by atoms with Gasteiger partial charge in [-0.3, -0.25) is 9.69 Å². The maximum absolute atomic E-state index is 11.8. The van der Waals surface area contributed by atoms with E-state index in [0.29, 0.717) is 11.5 Å². The number of nitrogens with zero attached hydrogens (tertiary/aromatic N) is 1. The number of amides is 1. The van der Waals surface area contributed by atoms with E-state index in [1.165, 1.54) is 0 Å². The van der Waals surface area contributed by atoms with E-state index in [1.54, 1.807) is 0 Å². The van der Waals surface area contributed by atoms with E-state index in [1.807, 2.05) is 11.8 Å². The van der Waals surface area contributed by atoms with Crippen LogP contribution in [0.25, 0.3) is 0 Å². The summed E-state index contributed by atoms with van der Waals surface area (Å²) in [5.74, 6) is 0.116. The summed E-state index contributed by atoms with van der Waals surface area (Å²) in [5, 5.41) is 2.92. The van der Waals surface area contributed by atoms with Gasteiger partial charge in [0.05, 0.1) is 11.0 Å². The Hall–Kier alpha value is -0.680. The van der Waals surface area contributed by atoms with Crippen LogP contribution in [0.3, 0.4) is 0 Å². The van der Waals surface area contributed by atoms with E-state index in [9.17, 15) is 4.79 Å². The van der Waals surface area contributed by atoms with Crippen LogP contribution in [0.15, 0.2) is 0 Å². The van der Waals surface area contributed by atoms with Crippen LogP contribution in [0.4, 0.5) is 0 Å². The molecule has 1 unspecified atom stereocenters. The molecule has 1 aliphatic rings. The molecule has 15 heavy (non-hydrogen) atoms. The molecule has 0 aromatic carbocycles. The van der Waals surface area contributed by atoms with Crippen molar-refractivity contribution in [2.75, 3.05) is 19.6 Å². The lowest BCUT2D eigenvalue weighted by molar-refractivity contribution is -0.125. The Morgan fingerprint density at radius 3 is 3.00 bits per heavy atom. The lowest BCUT2D eigenvalue weighted by Crippen LogP contribution is -2.48. The number of rotatable bonds is 4. The molecule has 1 heterocycles. The van der Waals surface area contributed by atoms with Gasteiger partial charge in [-0.05, 0) is 25.8 Å². The van der Waals surface area contributed by atoms with Gasteiger partial charge in [-0.2, -0.15) is 0 Å². The molecule has 0 bridgehead atoms. The summed E-state index contributed by atoms with van der Waals surface area (Å²) in [5.41, 5.74) is 5.52. The van der Waals surface area contributed by atoms with Gasteiger partial charge in [0.2, 0.25) is 5.91 Å². The fourth-order valence-electron chi connectivity index (χ4n) is 1.91. The fraction of sp³-hybridized carbons (Fsp3) is 0.800. The minimum atomic E-state index is -0.0565. The molecule has 1 amide bonds. The minimum Gasteiger partial charge on any atom is -0.392 e. The van der Waals surface area contributed by atoms with Gasteiger partial charge in [-0.1, -0.05) is 19.1 Å². The highest BCUT2D eigenvalue weighted by atomic mass is 32.1. The molecule has 1 fully saturated rings. The largest absolute Gasteiger partial charge is 0.392 e. The Morgan fingerprint density at radius 2 is 2.40 bits per heavy atom. The third kappa shape index (κ3) is 3.76. The maximum atomic E-state index is 11.8. The molecule has 0 spiro atoms. The van der Waals surface area contributed by atoms with Gasteiger partial charge in [0.25, 0.3) is 0 Å². The molecule has 1 aliphatic heterocycles. The van der Waals surface area contributed by atoms with E-state index in [4.69, 9.17) is 18.0 Å². The average Bonchev–Trinajstić information content (AvgIpc) is 2.39. The van der Waals surface area contributed by atoms with Crippen LogP contribution in [0.5, 0.6) is 0 Å². The minimum absolute atomic E-state index is 0.0565. The van der Waals surface area contributed by atoms with Crippen LogP contribution in [-0.4, -0.2) is 41.5 Å². The predicted molar refractivity (Wildman–Crippen MR) is 64.7 cm³/mol. The Balaban J connectivity index is 2.62. The maximum Gasteiger partial charge on any atom is 0.237 e. The zero-order valence-electron chi connectivity index (χ0n) is 9.16. The molecule has 0 aliphatic carbocycles. The van der Waals surface area contributed by atoms with Gasteiger partial charge in [-0.25, -0.2) is 0 Å². The van der Waals surface area contributed by atoms with E-state index in [2.05, 4.69) is 5.32 Å². The fourth-order valence-corrected chi connectivity index (χ4v) is 2.08. The molecule has 5 heteroatoms. The van der Waals surface area contributed by atoms with Gasteiger partial charge in [0.1, 0.15) is 0 Å². The normalized spacial score (nSPS) is 22.3. The van der Waals surface area contributed by atoms with E-state index in [0.717, 1.165) is 32.4 Å². The molecular weight excluding hydrogens is 210 g/mol. The Morgan fingerprint density at radius 1 is 1.67 bits per heavy atom. The number of thiocarbonyl (C=S) groups is 1. The van der Waals surface area contributed by atoms with Gasteiger partial charge in [-0.15, -0.1) is 0 Å². The van der Waals surface area contributed by atoms with Crippen LogP contribution < -0.4 is 11.1 Å². The number of nitrogens with two attached hydrogens (primary N) is 1. The third-order valence-electron chi connectivity index (χ3n) is 2.71. The number of carbonyl (C=O) groups is 1. The van der Waals surface area contributed by atoms with E-state index in [-0.39, 0.29) is 11.9 Å². The van der Waals surface area contributed by atoms with Crippen molar-refractivity contribution in [1.82, 2.24) is 10.2 Å². The summed E-state index contributed by atoms with van der Waals surface area (Å²) in [7, 11) is 0. The second-order valence-electron chi connectivity index (χ2n) is 3.83. The lowest BCUT2D eigenvalue weighted by atomic mass is 10.1. The van der Waals surface area contributed by atoms with Crippen molar-refractivity contribution < 1.29 is 4.79 Å². The summed E-state index contributed by atoms with van der Waals surface area (Å²) >= 11 is 4.88. The van der Waals surface area contributed by atoms with Crippen molar-refractivity contribution in [3.63, 3.8) is 0 Å². The number of hydrogen-bond acceptors (Lipinski definition) is 3. The zero-order chi connectivity index (χ0) is 11.3. The number of carbonyl (C=O) groups excluding carboxylic acids is 1. The first kappa shape index (κ1) is 12.4. The van der Waals surface area contributed by atoms with Crippen molar-refractivity contribution >= 4 is 23.1 Å². The highest BCUT2D eigenvalue weighted by Crippen LogP contribution is 2.12. The summed E-state index contributed by atoms with van der Waals surface area (Å²) in [6.07, 6.45) is 3.05. The quantitative estimate of drug-likeness (QED) is 0.679. The summed E-state index contributed by atoms with van der Waals surface area (Å²) < 4.78 is 0. The van der Waals surface area contributed by atoms with Gasteiger partial charge >= 0.3 is 0 Å². The number of hydrogen-bond donors (Lipinski definition) is 2. The summed E-state index contributed by atoms with van der Waals surface area (Å²) in [6, 6.07) is -0.0565. The molecule has 1 saturated heterocycles. The lowest BCUT2D eigenvalue weighted by Gasteiger charge is -2.27. The molecule has 4 nitrogen and oxygen atoms in total. The molecule has 1 rings (SSSR count). The molecule has 1 atom stereocenters. The second-order valence-corrected chi connectivity index (χ2v) is 4.36. The van der Waals surface area contributed by atoms with E-state index < -0.39 is 0 Å². The van der Waals surface area contributed by atoms with Crippen LogP contribution >= 0.6 is 12.2 Å². The van der Waals surface area contributed by atoms with Crippen molar-refractivity contribution in [1.29, 1.82) is 0 Å². The first-order chi connectivity index (χ1) is 7.15. The SMILES string of the molecule is CCN(CC(N)=S)C1CCCCNC1=O. The van der Waals surface area contributed by atoms with Gasteiger partial charge in [0, 0.05) is 13.1 Å². The summed E-state index contributed by atoms with van der Waals surface area (Å²) in [6.45, 7) is 4.15. The number of nitrogens with one attached hydrogen (secondary N) is 1.